The zero-order valence-electron chi connectivity index (χ0n) is 12.4. The zero-order chi connectivity index (χ0) is 15.6. The first-order valence-corrected chi connectivity index (χ1v) is 8.66. The molecule has 1 N–H and O–H groups in total. The number of halogens is 3. The van der Waals surface area contributed by atoms with Crippen LogP contribution in [0.25, 0.3) is 0 Å². The van der Waals surface area contributed by atoms with Crippen LogP contribution in [0.2, 0.25) is 0 Å². The van der Waals surface area contributed by atoms with E-state index in [1.54, 1.807) is 12.1 Å². The third-order valence-corrected chi connectivity index (χ3v) is 5.43. The Bertz CT molecular complexity index is 496. The highest BCUT2D eigenvalue weighted by Crippen LogP contribution is 2.47. The Hall–Kier alpha value is -0.720. The standard InChI is InChI=1S/C16H21F3N2S/c17-16(18,19)22-14-7-2-1-6-13(14)15(12-4-3-5-12)21-10-8-20-9-11-21/h1-2,6-7,12,15,20H,3-5,8-11H2/t15-/m1/s1. The Kier molecular flexibility index (Phi) is 5.00. The summed E-state index contributed by atoms with van der Waals surface area (Å²) in [6, 6.07) is 7.19. The number of rotatable bonds is 4. The number of nitrogens with zero attached hydrogens (tertiary/aromatic N) is 1. The molecule has 1 saturated heterocycles. The van der Waals surface area contributed by atoms with Crippen LogP contribution in [0.15, 0.2) is 29.2 Å². The summed E-state index contributed by atoms with van der Waals surface area (Å²) in [6.45, 7) is 3.65. The van der Waals surface area contributed by atoms with Crippen LogP contribution in [-0.2, 0) is 0 Å². The Morgan fingerprint density at radius 2 is 1.82 bits per heavy atom. The monoisotopic (exact) mass is 330 g/mol. The molecule has 1 saturated carbocycles. The number of piperazine rings is 1. The van der Waals surface area contributed by atoms with Crippen molar-refractivity contribution in [3.05, 3.63) is 29.8 Å². The van der Waals surface area contributed by atoms with Crippen LogP contribution in [0.5, 0.6) is 0 Å². The topological polar surface area (TPSA) is 15.3 Å². The zero-order valence-corrected chi connectivity index (χ0v) is 13.2. The SMILES string of the molecule is FC(F)(F)Sc1ccccc1[C@@H](C1CCC1)N1CCNCC1. The van der Waals surface area contributed by atoms with E-state index in [0.29, 0.717) is 10.8 Å². The molecule has 22 heavy (non-hydrogen) atoms. The highest BCUT2D eigenvalue weighted by molar-refractivity contribution is 8.00. The third-order valence-electron chi connectivity index (χ3n) is 4.60. The predicted molar refractivity (Wildman–Crippen MR) is 82.9 cm³/mol. The Morgan fingerprint density at radius 3 is 2.41 bits per heavy atom. The summed E-state index contributed by atoms with van der Waals surface area (Å²) in [5.74, 6) is 0.494. The quantitative estimate of drug-likeness (QED) is 0.839. The Balaban J connectivity index is 1.89. The molecule has 0 spiro atoms. The lowest BCUT2D eigenvalue weighted by atomic mass is 9.76. The molecular formula is C16H21F3N2S. The normalized spacial score (nSPS) is 22.3. The van der Waals surface area contributed by atoms with Crippen LogP contribution >= 0.6 is 11.8 Å². The van der Waals surface area contributed by atoms with Crippen molar-refractivity contribution in [2.75, 3.05) is 26.2 Å². The van der Waals surface area contributed by atoms with Gasteiger partial charge in [-0.05, 0) is 42.2 Å². The molecule has 0 bridgehead atoms. The molecule has 0 radical (unpaired) electrons. The van der Waals surface area contributed by atoms with Gasteiger partial charge in [0.2, 0.25) is 0 Å². The van der Waals surface area contributed by atoms with Crippen molar-refractivity contribution in [1.82, 2.24) is 10.2 Å². The molecular weight excluding hydrogens is 309 g/mol. The Labute approximate surface area is 133 Å². The van der Waals surface area contributed by atoms with Gasteiger partial charge in [0.1, 0.15) is 0 Å². The fourth-order valence-electron chi connectivity index (χ4n) is 3.41. The molecule has 6 heteroatoms. The summed E-state index contributed by atoms with van der Waals surface area (Å²) >= 11 is 0.0294. The summed E-state index contributed by atoms with van der Waals surface area (Å²) < 4.78 is 38.6. The van der Waals surface area contributed by atoms with Gasteiger partial charge < -0.3 is 5.32 Å². The minimum absolute atomic E-state index is 0.0294. The summed E-state index contributed by atoms with van der Waals surface area (Å²) in [5.41, 5.74) is -3.37. The minimum atomic E-state index is -4.23. The van der Waals surface area contributed by atoms with E-state index in [4.69, 9.17) is 0 Å². The molecule has 3 rings (SSSR count). The molecule has 2 nitrogen and oxygen atoms in total. The van der Waals surface area contributed by atoms with E-state index in [0.717, 1.165) is 44.6 Å². The van der Waals surface area contributed by atoms with Crippen molar-refractivity contribution in [1.29, 1.82) is 0 Å². The summed E-state index contributed by atoms with van der Waals surface area (Å²) in [5, 5.41) is 3.32. The van der Waals surface area contributed by atoms with Gasteiger partial charge in [0.25, 0.3) is 0 Å². The van der Waals surface area contributed by atoms with E-state index < -0.39 is 5.51 Å². The first-order chi connectivity index (χ1) is 10.5. The average Bonchev–Trinajstić information content (AvgIpc) is 2.43. The largest absolute Gasteiger partial charge is 0.446 e. The molecule has 2 aliphatic rings. The smallest absolute Gasteiger partial charge is 0.314 e. The molecule has 0 aromatic heterocycles. The second kappa shape index (κ2) is 6.81. The molecule has 1 atom stereocenters. The van der Waals surface area contributed by atoms with E-state index in [-0.39, 0.29) is 17.8 Å². The van der Waals surface area contributed by atoms with Crippen LogP contribution in [0, 0.1) is 5.92 Å². The third kappa shape index (κ3) is 3.78. The molecule has 1 aromatic rings. The number of nitrogens with one attached hydrogen (secondary N) is 1. The van der Waals surface area contributed by atoms with Crippen molar-refractivity contribution >= 4 is 11.8 Å². The Morgan fingerprint density at radius 1 is 1.14 bits per heavy atom. The van der Waals surface area contributed by atoms with Gasteiger partial charge in [-0.15, -0.1) is 0 Å². The van der Waals surface area contributed by atoms with Gasteiger partial charge in [-0.25, -0.2) is 0 Å². The lowest BCUT2D eigenvalue weighted by molar-refractivity contribution is -0.0329. The van der Waals surface area contributed by atoms with Gasteiger partial charge in [0.15, 0.2) is 0 Å². The van der Waals surface area contributed by atoms with Gasteiger partial charge in [-0.2, -0.15) is 13.2 Å². The molecule has 0 unspecified atom stereocenters. The van der Waals surface area contributed by atoms with Crippen molar-refractivity contribution in [3.63, 3.8) is 0 Å². The van der Waals surface area contributed by atoms with Crippen molar-refractivity contribution < 1.29 is 13.2 Å². The van der Waals surface area contributed by atoms with Gasteiger partial charge in [-0.3, -0.25) is 4.90 Å². The van der Waals surface area contributed by atoms with E-state index in [9.17, 15) is 13.2 Å². The van der Waals surface area contributed by atoms with Gasteiger partial charge in [-0.1, -0.05) is 24.6 Å². The van der Waals surface area contributed by atoms with Crippen LogP contribution < -0.4 is 5.32 Å². The minimum Gasteiger partial charge on any atom is -0.314 e. The van der Waals surface area contributed by atoms with Crippen LogP contribution in [0.3, 0.4) is 0 Å². The maximum absolute atomic E-state index is 12.9. The summed E-state index contributed by atoms with van der Waals surface area (Å²) in [7, 11) is 0. The molecule has 2 fully saturated rings. The maximum Gasteiger partial charge on any atom is 0.446 e. The van der Waals surface area contributed by atoms with E-state index >= 15 is 0 Å². The summed E-state index contributed by atoms with van der Waals surface area (Å²) in [4.78, 5) is 2.74. The summed E-state index contributed by atoms with van der Waals surface area (Å²) in [6.07, 6.45) is 3.45. The number of thioether (sulfide) groups is 1. The van der Waals surface area contributed by atoms with Crippen molar-refractivity contribution in [3.8, 4) is 0 Å². The molecule has 1 aliphatic carbocycles. The molecule has 122 valence electrons. The van der Waals surface area contributed by atoms with Gasteiger partial charge >= 0.3 is 5.51 Å². The average molecular weight is 330 g/mol. The number of hydrogen-bond donors (Lipinski definition) is 1. The van der Waals surface area contributed by atoms with E-state index in [1.165, 1.54) is 6.42 Å². The molecule has 0 amide bonds. The molecule has 1 heterocycles. The first kappa shape index (κ1) is 16.1. The predicted octanol–water partition coefficient (Wildman–Crippen LogP) is 4.04. The number of alkyl halides is 3. The fourth-order valence-corrected chi connectivity index (χ4v) is 4.11. The number of benzene rings is 1. The highest BCUT2D eigenvalue weighted by Gasteiger charge is 2.37. The lowest BCUT2D eigenvalue weighted by Gasteiger charge is -2.43. The van der Waals surface area contributed by atoms with Crippen molar-refractivity contribution in [2.24, 2.45) is 5.92 Å². The van der Waals surface area contributed by atoms with Crippen LogP contribution in [0.1, 0.15) is 30.9 Å². The second-order valence-electron chi connectivity index (χ2n) is 6.01. The van der Waals surface area contributed by atoms with Crippen LogP contribution in [-0.4, -0.2) is 36.6 Å². The molecule has 1 aromatic carbocycles. The van der Waals surface area contributed by atoms with Crippen molar-refractivity contribution in [2.45, 2.75) is 35.7 Å². The van der Waals surface area contributed by atoms with Gasteiger partial charge in [0.05, 0.1) is 0 Å². The lowest BCUT2D eigenvalue weighted by Crippen LogP contribution is -2.48. The van der Waals surface area contributed by atoms with E-state index in [2.05, 4.69) is 10.2 Å². The van der Waals surface area contributed by atoms with Crippen LogP contribution in [0.4, 0.5) is 13.2 Å². The highest BCUT2D eigenvalue weighted by atomic mass is 32.2. The second-order valence-corrected chi connectivity index (χ2v) is 7.11. The molecule has 1 aliphatic heterocycles. The fraction of sp³-hybridized carbons (Fsp3) is 0.625. The van der Waals surface area contributed by atoms with E-state index in [1.807, 2.05) is 12.1 Å². The number of hydrogen-bond acceptors (Lipinski definition) is 3. The maximum atomic E-state index is 12.9. The first-order valence-electron chi connectivity index (χ1n) is 7.84. The van der Waals surface area contributed by atoms with Gasteiger partial charge in [0, 0.05) is 37.1 Å².